The van der Waals surface area contributed by atoms with Crippen molar-refractivity contribution < 1.29 is 9.47 Å². The molecular formula is C13H19BrClNO2. The molecule has 3 nitrogen and oxygen atoms in total. The normalized spacial score (nSPS) is 12.4. The summed E-state index contributed by atoms with van der Waals surface area (Å²) in [4.78, 5) is 0. The highest BCUT2D eigenvalue weighted by Gasteiger charge is 2.06. The largest absolute Gasteiger partial charge is 0.492 e. The van der Waals surface area contributed by atoms with Crippen LogP contribution in [0, 0.1) is 0 Å². The Labute approximate surface area is 122 Å². The summed E-state index contributed by atoms with van der Waals surface area (Å²) in [7, 11) is 1.70. The third-order valence-electron chi connectivity index (χ3n) is 2.43. The Balaban J connectivity index is 2.20. The first-order valence-corrected chi connectivity index (χ1v) is 7.25. The molecule has 1 N–H and O–H groups in total. The SMILES string of the molecule is COCC(CCCl)NCCOc1cccc(Br)c1. The quantitative estimate of drug-likeness (QED) is 0.555. The number of methoxy groups -OCH3 is 1. The van der Waals surface area contributed by atoms with E-state index in [0.717, 1.165) is 23.2 Å². The first-order valence-electron chi connectivity index (χ1n) is 5.93. The van der Waals surface area contributed by atoms with Crippen molar-refractivity contribution in [3.63, 3.8) is 0 Å². The molecule has 18 heavy (non-hydrogen) atoms. The molecule has 1 aromatic carbocycles. The summed E-state index contributed by atoms with van der Waals surface area (Å²) in [6, 6.07) is 8.11. The Bertz CT molecular complexity index is 333. The van der Waals surface area contributed by atoms with Gasteiger partial charge in [-0.3, -0.25) is 0 Å². The molecule has 0 bridgehead atoms. The predicted molar refractivity (Wildman–Crippen MR) is 78.6 cm³/mol. The summed E-state index contributed by atoms with van der Waals surface area (Å²) in [6.45, 7) is 2.07. The minimum Gasteiger partial charge on any atom is -0.492 e. The van der Waals surface area contributed by atoms with Crippen LogP contribution in [0.2, 0.25) is 0 Å². The van der Waals surface area contributed by atoms with Crippen LogP contribution in [0.15, 0.2) is 28.7 Å². The van der Waals surface area contributed by atoms with E-state index in [0.29, 0.717) is 25.1 Å². The van der Waals surface area contributed by atoms with Gasteiger partial charge < -0.3 is 14.8 Å². The molecule has 1 aromatic rings. The molecule has 0 saturated heterocycles. The Kier molecular flexibility index (Phi) is 8.42. The third kappa shape index (κ3) is 6.59. The van der Waals surface area contributed by atoms with Crippen molar-refractivity contribution in [2.45, 2.75) is 12.5 Å². The Morgan fingerprint density at radius 1 is 1.44 bits per heavy atom. The lowest BCUT2D eigenvalue weighted by molar-refractivity contribution is 0.161. The van der Waals surface area contributed by atoms with Crippen LogP contribution in [0.25, 0.3) is 0 Å². The highest BCUT2D eigenvalue weighted by atomic mass is 79.9. The molecule has 0 fully saturated rings. The van der Waals surface area contributed by atoms with E-state index in [1.54, 1.807) is 7.11 Å². The summed E-state index contributed by atoms with van der Waals surface area (Å²) in [5.41, 5.74) is 0. The van der Waals surface area contributed by atoms with Gasteiger partial charge in [0.1, 0.15) is 12.4 Å². The molecule has 1 atom stereocenters. The van der Waals surface area contributed by atoms with E-state index in [9.17, 15) is 0 Å². The van der Waals surface area contributed by atoms with Crippen LogP contribution < -0.4 is 10.1 Å². The van der Waals surface area contributed by atoms with Crippen LogP contribution in [0.1, 0.15) is 6.42 Å². The molecule has 0 amide bonds. The van der Waals surface area contributed by atoms with Crippen molar-refractivity contribution in [2.24, 2.45) is 0 Å². The fraction of sp³-hybridized carbons (Fsp3) is 0.538. The van der Waals surface area contributed by atoms with Gasteiger partial charge in [0, 0.05) is 30.0 Å². The molecule has 0 aromatic heterocycles. The van der Waals surface area contributed by atoms with Gasteiger partial charge >= 0.3 is 0 Å². The minimum atomic E-state index is 0.290. The van der Waals surface area contributed by atoms with Gasteiger partial charge in [0.25, 0.3) is 0 Å². The highest BCUT2D eigenvalue weighted by molar-refractivity contribution is 9.10. The molecule has 5 heteroatoms. The van der Waals surface area contributed by atoms with Crippen molar-refractivity contribution in [1.29, 1.82) is 0 Å². The summed E-state index contributed by atoms with van der Waals surface area (Å²) in [6.07, 6.45) is 0.895. The molecule has 0 aliphatic heterocycles. The maximum absolute atomic E-state index is 5.73. The van der Waals surface area contributed by atoms with Gasteiger partial charge in [0.2, 0.25) is 0 Å². The fourth-order valence-corrected chi connectivity index (χ4v) is 2.21. The van der Waals surface area contributed by atoms with Crippen molar-refractivity contribution in [3.05, 3.63) is 28.7 Å². The minimum absolute atomic E-state index is 0.290. The van der Waals surface area contributed by atoms with Gasteiger partial charge in [0.05, 0.1) is 6.61 Å². The lowest BCUT2D eigenvalue weighted by Gasteiger charge is -2.16. The average molecular weight is 337 g/mol. The number of hydrogen-bond donors (Lipinski definition) is 1. The number of halogens is 2. The number of alkyl halides is 1. The van der Waals surface area contributed by atoms with E-state index in [1.807, 2.05) is 24.3 Å². The summed E-state index contributed by atoms with van der Waals surface area (Å²) in [5.74, 6) is 1.50. The van der Waals surface area contributed by atoms with Crippen LogP contribution >= 0.6 is 27.5 Å². The van der Waals surface area contributed by atoms with Gasteiger partial charge in [-0.1, -0.05) is 22.0 Å². The van der Waals surface area contributed by atoms with E-state index in [-0.39, 0.29) is 0 Å². The molecule has 102 valence electrons. The maximum Gasteiger partial charge on any atom is 0.120 e. The first kappa shape index (κ1) is 15.8. The van der Waals surface area contributed by atoms with Crippen LogP contribution in [-0.4, -0.2) is 38.8 Å². The van der Waals surface area contributed by atoms with E-state index >= 15 is 0 Å². The van der Waals surface area contributed by atoms with Gasteiger partial charge in [0.15, 0.2) is 0 Å². The Morgan fingerprint density at radius 3 is 2.94 bits per heavy atom. The topological polar surface area (TPSA) is 30.5 Å². The van der Waals surface area contributed by atoms with Crippen LogP contribution in [-0.2, 0) is 4.74 Å². The van der Waals surface area contributed by atoms with Crippen LogP contribution in [0.4, 0.5) is 0 Å². The molecule has 0 saturated carbocycles. The molecule has 1 unspecified atom stereocenters. The lowest BCUT2D eigenvalue weighted by atomic mass is 10.2. The zero-order valence-electron chi connectivity index (χ0n) is 10.5. The zero-order valence-corrected chi connectivity index (χ0v) is 12.8. The number of ether oxygens (including phenoxy) is 2. The summed E-state index contributed by atoms with van der Waals surface area (Å²) in [5, 5.41) is 3.36. The molecular weight excluding hydrogens is 318 g/mol. The van der Waals surface area contributed by atoms with E-state index in [2.05, 4.69) is 21.2 Å². The maximum atomic E-state index is 5.73. The van der Waals surface area contributed by atoms with Crippen LogP contribution in [0.5, 0.6) is 5.75 Å². The second-order valence-electron chi connectivity index (χ2n) is 3.89. The Morgan fingerprint density at radius 2 is 2.28 bits per heavy atom. The standard InChI is InChI=1S/C13H19BrClNO2/c1-17-10-12(5-6-15)16-7-8-18-13-4-2-3-11(14)9-13/h2-4,9,12,16H,5-8,10H2,1H3. The second-order valence-corrected chi connectivity index (χ2v) is 5.18. The van der Waals surface area contributed by atoms with Gasteiger partial charge in [-0.2, -0.15) is 0 Å². The molecule has 0 aliphatic rings. The van der Waals surface area contributed by atoms with Gasteiger partial charge in [-0.25, -0.2) is 0 Å². The summed E-state index contributed by atoms with van der Waals surface area (Å²) >= 11 is 9.13. The van der Waals surface area contributed by atoms with Crippen LogP contribution in [0.3, 0.4) is 0 Å². The van der Waals surface area contributed by atoms with E-state index < -0.39 is 0 Å². The van der Waals surface area contributed by atoms with E-state index in [4.69, 9.17) is 21.1 Å². The lowest BCUT2D eigenvalue weighted by Crippen LogP contribution is -2.36. The summed E-state index contributed by atoms with van der Waals surface area (Å²) < 4.78 is 11.8. The average Bonchev–Trinajstić information content (AvgIpc) is 2.35. The number of benzene rings is 1. The first-order chi connectivity index (χ1) is 8.76. The molecule has 0 aliphatic carbocycles. The monoisotopic (exact) mass is 335 g/mol. The smallest absolute Gasteiger partial charge is 0.120 e. The molecule has 0 spiro atoms. The van der Waals surface area contributed by atoms with Crippen molar-refractivity contribution in [2.75, 3.05) is 32.7 Å². The van der Waals surface area contributed by atoms with Gasteiger partial charge in [-0.05, 0) is 24.6 Å². The van der Waals surface area contributed by atoms with E-state index in [1.165, 1.54) is 0 Å². The van der Waals surface area contributed by atoms with Crippen molar-refractivity contribution in [3.8, 4) is 5.75 Å². The Hall–Kier alpha value is -0.290. The van der Waals surface area contributed by atoms with Crippen molar-refractivity contribution >= 4 is 27.5 Å². The molecule has 1 rings (SSSR count). The van der Waals surface area contributed by atoms with Crippen molar-refractivity contribution in [1.82, 2.24) is 5.32 Å². The number of hydrogen-bond acceptors (Lipinski definition) is 3. The predicted octanol–water partition coefficient (Wildman–Crippen LogP) is 3.06. The molecule has 0 heterocycles. The zero-order chi connectivity index (χ0) is 13.2. The third-order valence-corrected chi connectivity index (χ3v) is 3.14. The van der Waals surface area contributed by atoms with Gasteiger partial charge in [-0.15, -0.1) is 11.6 Å². The highest BCUT2D eigenvalue weighted by Crippen LogP contribution is 2.17. The molecule has 0 radical (unpaired) electrons. The number of nitrogens with one attached hydrogen (secondary N) is 1. The second kappa shape index (κ2) is 9.62. The fourth-order valence-electron chi connectivity index (χ4n) is 1.57. The number of rotatable bonds is 9.